The largest absolute Gasteiger partial charge is 0.459 e. The number of aromatic nitrogens is 4. The minimum absolute atomic E-state index is 0.0380. The second kappa shape index (κ2) is 6.11. The summed E-state index contributed by atoms with van der Waals surface area (Å²) in [5, 5.41) is 3.58. The number of rotatable bonds is 2. The average Bonchev–Trinajstić information content (AvgIpc) is 3.30. The van der Waals surface area contributed by atoms with Gasteiger partial charge in [-0.25, -0.2) is 9.50 Å². The highest BCUT2D eigenvalue weighted by Gasteiger charge is 2.37. The van der Waals surface area contributed by atoms with E-state index < -0.39 is 12.0 Å². The number of furan rings is 1. The standard InChI is InChI=1S/C16H14F3N5O2/c17-16(18,19)14-21-15-20-6-3-11(24(15)22-14)10-4-7-23(8-5-10)13(25)12-2-1-9-26-12/h1-3,6,9-10H,4-5,7-8H2. The van der Waals surface area contributed by atoms with Crippen LogP contribution in [0.1, 0.15) is 40.8 Å². The zero-order valence-corrected chi connectivity index (χ0v) is 13.5. The number of nitrogens with zero attached hydrogens (tertiary/aromatic N) is 5. The van der Waals surface area contributed by atoms with Gasteiger partial charge in [-0.15, -0.1) is 5.10 Å². The Labute approximate surface area is 145 Å². The molecule has 1 amide bonds. The van der Waals surface area contributed by atoms with Gasteiger partial charge < -0.3 is 9.32 Å². The van der Waals surface area contributed by atoms with E-state index in [9.17, 15) is 18.0 Å². The maximum absolute atomic E-state index is 12.9. The van der Waals surface area contributed by atoms with Crippen molar-refractivity contribution in [1.29, 1.82) is 0 Å². The van der Waals surface area contributed by atoms with Crippen molar-refractivity contribution in [2.24, 2.45) is 0 Å². The van der Waals surface area contributed by atoms with Crippen LogP contribution in [0, 0.1) is 0 Å². The Morgan fingerprint density at radius 2 is 2.00 bits per heavy atom. The molecule has 0 atom stereocenters. The fourth-order valence-corrected chi connectivity index (χ4v) is 3.18. The van der Waals surface area contributed by atoms with E-state index in [0.717, 1.165) is 4.52 Å². The summed E-state index contributed by atoms with van der Waals surface area (Å²) >= 11 is 0. The molecule has 3 aromatic heterocycles. The van der Waals surface area contributed by atoms with Gasteiger partial charge in [0.1, 0.15) is 0 Å². The van der Waals surface area contributed by atoms with Crippen molar-refractivity contribution in [3.8, 4) is 0 Å². The molecule has 0 radical (unpaired) electrons. The Bertz CT molecular complexity index is 927. The smallest absolute Gasteiger partial charge is 0.453 e. The molecular weight excluding hydrogens is 351 g/mol. The highest BCUT2D eigenvalue weighted by molar-refractivity contribution is 5.91. The zero-order valence-electron chi connectivity index (χ0n) is 13.5. The van der Waals surface area contributed by atoms with E-state index in [4.69, 9.17) is 4.42 Å². The summed E-state index contributed by atoms with van der Waals surface area (Å²) < 4.78 is 44.8. The third-order valence-electron chi connectivity index (χ3n) is 4.46. The number of halogens is 3. The van der Waals surface area contributed by atoms with E-state index in [0.29, 0.717) is 31.6 Å². The molecule has 3 aromatic rings. The lowest BCUT2D eigenvalue weighted by Crippen LogP contribution is -2.38. The Morgan fingerprint density at radius 3 is 2.65 bits per heavy atom. The van der Waals surface area contributed by atoms with Crippen LogP contribution >= 0.6 is 0 Å². The highest BCUT2D eigenvalue weighted by Crippen LogP contribution is 2.30. The average molecular weight is 365 g/mol. The summed E-state index contributed by atoms with van der Waals surface area (Å²) in [6.07, 6.45) is -0.542. The normalized spacial score (nSPS) is 16.3. The summed E-state index contributed by atoms with van der Waals surface area (Å²) in [6, 6.07) is 4.90. The van der Waals surface area contributed by atoms with Crippen LogP contribution in [0.5, 0.6) is 0 Å². The van der Waals surface area contributed by atoms with Gasteiger partial charge in [-0.3, -0.25) is 4.79 Å². The molecule has 0 aromatic carbocycles. The first-order chi connectivity index (χ1) is 12.4. The van der Waals surface area contributed by atoms with Gasteiger partial charge in [-0.1, -0.05) is 0 Å². The molecule has 4 heterocycles. The first-order valence-electron chi connectivity index (χ1n) is 8.05. The molecule has 7 nitrogen and oxygen atoms in total. The Morgan fingerprint density at radius 1 is 1.23 bits per heavy atom. The number of alkyl halides is 3. The van der Waals surface area contributed by atoms with Crippen molar-refractivity contribution < 1.29 is 22.4 Å². The Kier molecular flexibility index (Phi) is 3.89. The molecule has 1 saturated heterocycles. The van der Waals surface area contributed by atoms with Crippen LogP contribution in [0.15, 0.2) is 35.1 Å². The molecular formula is C16H14F3N5O2. The van der Waals surface area contributed by atoms with Crippen molar-refractivity contribution in [3.05, 3.63) is 47.9 Å². The topological polar surface area (TPSA) is 76.5 Å². The number of likely N-dealkylation sites (tertiary alicyclic amines) is 1. The monoisotopic (exact) mass is 365 g/mol. The molecule has 1 fully saturated rings. The number of carbonyl (C=O) groups excluding carboxylic acids is 1. The summed E-state index contributed by atoms with van der Waals surface area (Å²) in [4.78, 5) is 21.3. The quantitative estimate of drug-likeness (QED) is 0.698. The number of amides is 1. The van der Waals surface area contributed by atoms with E-state index in [1.807, 2.05) is 0 Å². The molecule has 0 saturated carbocycles. The first kappa shape index (κ1) is 16.6. The van der Waals surface area contributed by atoms with Crippen LogP contribution < -0.4 is 0 Å². The van der Waals surface area contributed by atoms with Gasteiger partial charge in [0.25, 0.3) is 17.5 Å². The SMILES string of the molecule is O=C(c1ccco1)N1CCC(c2ccnc3nc(C(F)(F)F)nn23)CC1. The fraction of sp³-hybridized carbons (Fsp3) is 0.375. The summed E-state index contributed by atoms with van der Waals surface area (Å²) in [6.45, 7) is 0.962. The van der Waals surface area contributed by atoms with Gasteiger partial charge in [-0.05, 0) is 31.0 Å². The predicted octanol–water partition coefficient (Wildman–Crippen LogP) is 2.76. The van der Waals surface area contributed by atoms with Crippen molar-refractivity contribution in [1.82, 2.24) is 24.5 Å². The van der Waals surface area contributed by atoms with E-state index in [2.05, 4.69) is 15.1 Å². The number of hydrogen-bond acceptors (Lipinski definition) is 5. The molecule has 0 bridgehead atoms. The second-order valence-corrected chi connectivity index (χ2v) is 6.06. The maximum atomic E-state index is 12.9. The van der Waals surface area contributed by atoms with E-state index >= 15 is 0 Å². The second-order valence-electron chi connectivity index (χ2n) is 6.06. The number of hydrogen-bond donors (Lipinski definition) is 0. The van der Waals surface area contributed by atoms with Crippen LogP contribution in [-0.2, 0) is 6.18 Å². The number of fused-ring (bicyclic) bond motifs is 1. The molecule has 0 aliphatic carbocycles. The minimum atomic E-state index is -4.62. The lowest BCUT2D eigenvalue weighted by atomic mass is 9.93. The van der Waals surface area contributed by atoms with Crippen molar-refractivity contribution in [2.75, 3.05) is 13.1 Å². The summed E-state index contributed by atoms with van der Waals surface area (Å²) in [7, 11) is 0. The van der Waals surface area contributed by atoms with E-state index in [1.54, 1.807) is 23.1 Å². The maximum Gasteiger partial charge on any atom is 0.453 e. The van der Waals surface area contributed by atoms with Crippen molar-refractivity contribution >= 4 is 11.7 Å². The first-order valence-corrected chi connectivity index (χ1v) is 8.05. The van der Waals surface area contributed by atoms with E-state index in [-0.39, 0.29) is 23.4 Å². The molecule has 1 aliphatic rings. The molecule has 1 aliphatic heterocycles. The van der Waals surface area contributed by atoms with Gasteiger partial charge in [0.05, 0.1) is 12.0 Å². The molecule has 4 rings (SSSR count). The van der Waals surface area contributed by atoms with Crippen LogP contribution in [-0.4, -0.2) is 43.5 Å². The lowest BCUT2D eigenvalue weighted by Gasteiger charge is -2.31. The van der Waals surface area contributed by atoms with Gasteiger partial charge in [0.2, 0.25) is 0 Å². The van der Waals surface area contributed by atoms with Crippen LogP contribution in [0.3, 0.4) is 0 Å². The molecule has 10 heteroatoms. The third kappa shape index (κ3) is 2.91. The highest BCUT2D eigenvalue weighted by atomic mass is 19.4. The van der Waals surface area contributed by atoms with Crippen LogP contribution in [0.2, 0.25) is 0 Å². The lowest BCUT2D eigenvalue weighted by molar-refractivity contribution is -0.144. The molecule has 0 N–H and O–H groups in total. The van der Waals surface area contributed by atoms with Gasteiger partial charge in [-0.2, -0.15) is 18.2 Å². The van der Waals surface area contributed by atoms with Gasteiger partial charge in [0, 0.05) is 25.2 Å². The molecule has 26 heavy (non-hydrogen) atoms. The summed E-state index contributed by atoms with van der Waals surface area (Å²) in [5.74, 6) is -1.23. The zero-order chi connectivity index (χ0) is 18.3. The predicted molar refractivity (Wildman–Crippen MR) is 82.4 cm³/mol. The molecule has 136 valence electrons. The minimum Gasteiger partial charge on any atom is -0.459 e. The number of piperidine rings is 1. The number of carbonyl (C=O) groups is 1. The molecule has 0 unspecified atom stereocenters. The van der Waals surface area contributed by atoms with Crippen molar-refractivity contribution in [2.45, 2.75) is 24.9 Å². The third-order valence-corrected chi connectivity index (χ3v) is 4.46. The van der Waals surface area contributed by atoms with Gasteiger partial charge in [0.15, 0.2) is 5.76 Å². The van der Waals surface area contributed by atoms with Crippen LogP contribution in [0.4, 0.5) is 13.2 Å². The summed E-state index contributed by atoms with van der Waals surface area (Å²) in [5.41, 5.74) is 0.614. The Balaban J connectivity index is 1.54. The molecule has 0 spiro atoms. The Hall–Kier alpha value is -2.91. The van der Waals surface area contributed by atoms with Gasteiger partial charge >= 0.3 is 6.18 Å². The van der Waals surface area contributed by atoms with E-state index in [1.165, 1.54) is 12.5 Å². The van der Waals surface area contributed by atoms with Crippen molar-refractivity contribution in [3.63, 3.8) is 0 Å². The van der Waals surface area contributed by atoms with Crippen LogP contribution in [0.25, 0.3) is 5.78 Å². The fourth-order valence-electron chi connectivity index (χ4n) is 3.18.